The largest absolute Gasteiger partial charge is 0.465 e. The van der Waals surface area contributed by atoms with Crippen LogP contribution in [-0.4, -0.2) is 39.4 Å². The van der Waals surface area contributed by atoms with Gasteiger partial charge in [0.1, 0.15) is 11.2 Å². The molecule has 1 atom stereocenters. The number of esters is 1. The molecule has 0 amide bonds. The molecule has 1 unspecified atom stereocenters. The average molecular weight is 348 g/mol. The molecule has 0 aliphatic carbocycles. The standard InChI is InChI=1S/C17H26FNO3.ClH/c1-4-22-16(20)17(2,13-21-12-6-5-11-19-3)14-7-9-15(18)10-8-14;/h7-10,19H,4-6,11-13H2,1-3H3;1H. The molecule has 1 aromatic carbocycles. The maximum absolute atomic E-state index is 13.1. The van der Waals surface area contributed by atoms with E-state index in [0.717, 1.165) is 19.4 Å². The molecule has 0 heterocycles. The molecule has 1 aromatic rings. The summed E-state index contributed by atoms with van der Waals surface area (Å²) >= 11 is 0. The van der Waals surface area contributed by atoms with Crippen LogP contribution >= 0.6 is 12.4 Å². The summed E-state index contributed by atoms with van der Waals surface area (Å²) in [5.41, 5.74) is -0.227. The maximum atomic E-state index is 13.1. The van der Waals surface area contributed by atoms with Crippen molar-refractivity contribution in [2.75, 3.05) is 33.4 Å². The highest BCUT2D eigenvalue weighted by Gasteiger charge is 2.37. The van der Waals surface area contributed by atoms with Crippen LogP contribution in [-0.2, 0) is 19.7 Å². The molecule has 0 bridgehead atoms. The van der Waals surface area contributed by atoms with Crippen LogP contribution in [0, 0.1) is 5.82 Å². The molecule has 0 spiro atoms. The van der Waals surface area contributed by atoms with Crippen LogP contribution in [0.4, 0.5) is 4.39 Å². The lowest BCUT2D eigenvalue weighted by atomic mass is 9.83. The Kier molecular flexibility index (Phi) is 10.8. The van der Waals surface area contributed by atoms with E-state index in [2.05, 4.69) is 5.32 Å². The quantitative estimate of drug-likeness (QED) is 0.522. The lowest BCUT2D eigenvalue weighted by Crippen LogP contribution is -2.39. The van der Waals surface area contributed by atoms with E-state index in [1.54, 1.807) is 26.0 Å². The third-order valence-electron chi connectivity index (χ3n) is 3.56. The predicted molar refractivity (Wildman–Crippen MR) is 91.6 cm³/mol. The van der Waals surface area contributed by atoms with E-state index >= 15 is 0 Å². The first-order valence-corrected chi connectivity index (χ1v) is 7.70. The molecule has 23 heavy (non-hydrogen) atoms. The van der Waals surface area contributed by atoms with Crippen molar-refractivity contribution >= 4 is 18.4 Å². The second-order valence-electron chi connectivity index (χ2n) is 5.42. The zero-order valence-electron chi connectivity index (χ0n) is 14.1. The summed E-state index contributed by atoms with van der Waals surface area (Å²) in [5, 5.41) is 3.08. The number of hydrogen-bond acceptors (Lipinski definition) is 4. The Hall–Kier alpha value is -1.17. The summed E-state index contributed by atoms with van der Waals surface area (Å²) in [6, 6.07) is 5.91. The maximum Gasteiger partial charge on any atom is 0.318 e. The predicted octanol–water partition coefficient (Wildman–Crippen LogP) is 3.08. The fourth-order valence-electron chi connectivity index (χ4n) is 2.15. The van der Waals surface area contributed by atoms with Crippen LogP contribution < -0.4 is 5.32 Å². The molecule has 132 valence electrons. The number of halogens is 2. The van der Waals surface area contributed by atoms with Gasteiger partial charge in [-0.3, -0.25) is 4.79 Å². The Labute approximate surface area is 144 Å². The summed E-state index contributed by atoms with van der Waals surface area (Å²) in [6.07, 6.45) is 1.94. The first kappa shape index (κ1) is 21.8. The zero-order valence-corrected chi connectivity index (χ0v) is 14.9. The van der Waals surface area contributed by atoms with Crippen molar-refractivity contribution in [3.63, 3.8) is 0 Å². The van der Waals surface area contributed by atoms with E-state index in [0.29, 0.717) is 18.8 Å². The number of carbonyl (C=O) groups excluding carboxylic acids is 1. The lowest BCUT2D eigenvalue weighted by molar-refractivity contribution is -0.152. The number of benzene rings is 1. The topological polar surface area (TPSA) is 47.6 Å². The number of rotatable bonds is 10. The van der Waals surface area contributed by atoms with Crippen molar-refractivity contribution in [3.05, 3.63) is 35.6 Å². The van der Waals surface area contributed by atoms with E-state index < -0.39 is 5.41 Å². The van der Waals surface area contributed by atoms with Gasteiger partial charge >= 0.3 is 5.97 Å². The lowest BCUT2D eigenvalue weighted by Gasteiger charge is -2.27. The molecular weight excluding hydrogens is 321 g/mol. The molecule has 0 aromatic heterocycles. The molecule has 0 saturated heterocycles. The summed E-state index contributed by atoms with van der Waals surface area (Å²) in [6.45, 7) is 5.58. The average Bonchev–Trinajstić information content (AvgIpc) is 2.51. The number of nitrogens with one attached hydrogen (secondary N) is 1. The normalized spacial score (nSPS) is 13.0. The highest BCUT2D eigenvalue weighted by Crippen LogP contribution is 2.26. The van der Waals surface area contributed by atoms with Crippen LogP contribution in [0.15, 0.2) is 24.3 Å². The van der Waals surface area contributed by atoms with Gasteiger partial charge in [0.25, 0.3) is 0 Å². The first-order chi connectivity index (χ1) is 10.5. The summed E-state index contributed by atoms with van der Waals surface area (Å²) in [4.78, 5) is 12.3. The smallest absolute Gasteiger partial charge is 0.318 e. The van der Waals surface area contributed by atoms with Gasteiger partial charge in [0, 0.05) is 6.61 Å². The molecule has 0 saturated carbocycles. The third kappa shape index (κ3) is 6.85. The molecule has 1 rings (SSSR count). The van der Waals surface area contributed by atoms with Crippen molar-refractivity contribution in [2.24, 2.45) is 0 Å². The van der Waals surface area contributed by atoms with Crippen LogP contribution in [0.5, 0.6) is 0 Å². The van der Waals surface area contributed by atoms with E-state index in [-0.39, 0.29) is 30.8 Å². The summed E-state index contributed by atoms with van der Waals surface area (Å²) < 4.78 is 23.9. The monoisotopic (exact) mass is 347 g/mol. The Morgan fingerprint density at radius 2 is 1.91 bits per heavy atom. The molecule has 1 N–H and O–H groups in total. The molecular formula is C17H27ClFNO3. The Morgan fingerprint density at radius 1 is 1.26 bits per heavy atom. The van der Waals surface area contributed by atoms with E-state index in [1.807, 2.05) is 7.05 Å². The minimum Gasteiger partial charge on any atom is -0.465 e. The number of ether oxygens (including phenoxy) is 2. The van der Waals surface area contributed by atoms with Crippen molar-refractivity contribution in [3.8, 4) is 0 Å². The molecule has 0 radical (unpaired) electrons. The Morgan fingerprint density at radius 3 is 2.48 bits per heavy atom. The second-order valence-corrected chi connectivity index (χ2v) is 5.42. The summed E-state index contributed by atoms with van der Waals surface area (Å²) in [5.74, 6) is -0.681. The highest BCUT2D eigenvalue weighted by atomic mass is 35.5. The molecule has 0 fully saturated rings. The van der Waals surface area contributed by atoms with Gasteiger partial charge in [0.15, 0.2) is 0 Å². The Balaban J connectivity index is 0.00000484. The minimum absolute atomic E-state index is 0. The van der Waals surface area contributed by atoms with Gasteiger partial charge in [-0.15, -0.1) is 12.4 Å². The van der Waals surface area contributed by atoms with Gasteiger partial charge in [-0.05, 0) is 58.0 Å². The fourth-order valence-corrected chi connectivity index (χ4v) is 2.15. The first-order valence-electron chi connectivity index (χ1n) is 7.70. The zero-order chi connectivity index (χ0) is 16.4. The van der Waals surface area contributed by atoms with Crippen LogP contribution in [0.25, 0.3) is 0 Å². The summed E-state index contributed by atoms with van der Waals surface area (Å²) in [7, 11) is 1.91. The van der Waals surface area contributed by atoms with Crippen molar-refractivity contribution in [1.82, 2.24) is 5.32 Å². The number of carbonyl (C=O) groups is 1. The van der Waals surface area contributed by atoms with Crippen molar-refractivity contribution in [2.45, 2.75) is 32.1 Å². The van der Waals surface area contributed by atoms with Crippen molar-refractivity contribution in [1.29, 1.82) is 0 Å². The van der Waals surface area contributed by atoms with E-state index in [1.165, 1.54) is 12.1 Å². The Bertz CT molecular complexity index is 456. The van der Waals surface area contributed by atoms with E-state index in [4.69, 9.17) is 9.47 Å². The highest BCUT2D eigenvalue weighted by molar-refractivity contribution is 5.85. The van der Waals surface area contributed by atoms with Crippen LogP contribution in [0.1, 0.15) is 32.3 Å². The van der Waals surface area contributed by atoms with Crippen molar-refractivity contribution < 1.29 is 18.7 Å². The van der Waals surface area contributed by atoms with Gasteiger partial charge < -0.3 is 14.8 Å². The molecule has 4 nitrogen and oxygen atoms in total. The third-order valence-corrected chi connectivity index (χ3v) is 3.56. The molecule has 6 heteroatoms. The van der Waals surface area contributed by atoms with Gasteiger partial charge in [-0.25, -0.2) is 4.39 Å². The van der Waals surface area contributed by atoms with Gasteiger partial charge in [0.05, 0.1) is 13.2 Å². The number of hydrogen-bond donors (Lipinski definition) is 1. The fraction of sp³-hybridized carbons (Fsp3) is 0.588. The van der Waals surface area contributed by atoms with Crippen LogP contribution in [0.2, 0.25) is 0 Å². The van der Waals surface area contributed by atoms with Crippen LogP contribution in [0.3, 0.4) is 0 Å². The van der Waals surface area contributed by atoms with Gasteiger partial charge in [-0.2, -0.15) is 0 Å². The SMILES string of the molecule is CCOC(=O)C(C)(COCCCCNC)c1ccc(F)cc1.Cl. The molecule has 0 aliphatic rings. The molecule has 0 aliphatic heterocycles. The van der Waals surface area contributed by atoms with Gasteiger partial charge in [0.2, 0.25) is 0 Å². The van der Waals surface area contributed by atoms with Gasteiger partial charge in [-0.1, -0.05) is 12.1 Å². The second kappa shape index (κ2) is 11.4. The minimum atomic E-state index is -0.924. The van der Waals surface area contributed by atoms with E-state index in [9.17, 15) is 9.18 Å². The number of unbranched alkanes of at least 4 members (excludes halogenated alkanes) is 1.